The van der Waals surface area contributed by atoms with E-state index in [9.17, 15) is 4.79 Å². The Kier molecular flexibility index (Phi) is 3.86. The van der Waals surface area contributed by atoms with Crippen molar-refractivity contribution in [2.75, 3.05) is 11.9 Å². The van der Waals surface area contributed by atoms with E-state index in [0.29, 0.717) is 0 Å². The minimum absolute atomic E-state index is 0.0390. The van der Waals surface area contributed by atoms with Gasteiger partial charge in [0, 0.05) is 7.05 Å². The Morgan fingerprint density at radius 2 is 2.12 bits per heavy atom. The molecule has 0 aliphatic carbocycles. The summed E-state index contributed by atoms with van der Waals surface area (Å²) >= 11 is 2.25. The summed E-state index contributed by atoms with van der Waals surface area (Å²) in [7, 11) is 1.86. The predicted molar refractivity (Wildman–Crippen MR) is 80.5 cm³/mol. The maximum atomic E-state index is 12.2. The summed E-state index contributed by atoms with van der Waals surface area (Å²) in [5.41, 5.74) is 3.49. The van der Waals surface area contributed by atoms with Crippen molar-refractivity contribution in [1.82, 2.24) is 0 Å². The van der Waals surface area contributed by atoms with Gasteiger partial charge in [0.2, 0.25) is 5.91 Å². The zero-order valence-corrected chi connectivity index (χ0v) is 12.3. The SMILES string of the molecule is CC/C1=C/c2ccccc2N(C)C(=O)[C@@H](I)C1. The van der Waals surface area contributed by atoms with E-state index >= 15 is 0 Å². The number of hydrogen-bond acceptors (Lipinski definition) is 1. The van der Waals surface area contributed by atoms with Gasteiger partial charge in [0.05, 0.1) is 9.61 Å². The number of alkyl halides is 1. The Morgan fingerprint density at radius 3 is 2.82 bits per heavy atom. The molecule has 2 rings (SSSR count). The van der Waals surface area contributed by atoms with Gasteiger partial charge in [-0.2, -0.15) is 0 Å². The first-order valence-corrected chi connectivity index (χ1v) is 7.08. The van der Waals surface area contributed by atoms with Crippen molar-refractivity contribution in [3.8, 4) is 0 Å². The molecular formula is C14H16INO. The molecule has 1 heterocycles. The molecule has 1 aromatic carbocycles. The molecule has 0 spiro atoms. The molecule has 3 heteroatoms. The molecule has 1 amide bonds. The molecule has 0 bridgehead atoms. The van der Waals surface area contributed by atoms with Gasteiger partial charge in [0.15, 0.2) is 0 Å². The second-order valence-corrected chi connectivity index (χ2v) is 5.79. The van der Waals surface area contributed by atoms with Crippen molar-refractivity contribution in [2.24, 2.45) is 0 Å². The molecule has 2 nitrogen and oxygen atoms in total. The van der Waals surface area contributed by atoms with E-state index in [2.05, 4.69) is 41.7 Å². The van der Waals surface area contributed by atoms with Gasteiger partial charge in [-0.25, -0.2) is 0 Å². The van der Waals surface area contributed by atoms with Crippen LogP contribution in [0, 0.1) is 0 Å². The number of nitrogens with zero attached hydrogens (tertiary/aromatic N) is 1. The number of benzene rings is 1. The van der Waals surface area contributed by atoms with Gasteiger partial charge in [-0.05, 0) is 24.5 Å². The third-order valence-electron chi connectivity index (χ3n) is 3.15. The summed E-state index contributed by atoms with van der Waals surface area (Å²) in [4.78, 5) is 14.0. The maximum Gasteiger partial charge on any atom is 0.240 e. The number of allylic oxidation sites excluding steroid dienone is 1. The van der Waals surface area contributed by atoms with Crippen LogP contribution in [0.2, 0.25) is 0 Å². The zero-order valence-electron chi connectivity index (χ0n) is 10.1. The van der Waals surface area contributed by atoms with E-state index in [1.165, 1.54) is 5.57 Å². The molecule has 0 N–H and O–H groups in total. The quantitative estimate of drug-likeness (QED) is 0.564. The van der Waals surface area contributed by atoms with Crippen LogP contribution in [0.5, 0.6) is 0 Å². The lowest BCUT2D eigenvalue weighted by Crippen LogP contribution is -2.34. The van der Waals surface area contributed by atoms with Gasteiger partial charge < -0.3 is 4.90 Å². The van der Waals surface area contributed by atoms with Gasteiger partial charge in [-0.15, -0.1) is 0 Å². The molecule has 1 aliphatic heterocycles. The van der Waals surface area contributed by atoms with Crippen molar-refractivity contribution in [3.63, 3.8) is 0 Å². The van der Waals surface area contributed by atoms with Crippen LogP contribution >= 0.6 is 22.6 Å². The van der Waals surface area contributed by atoms with Crippen molar-refractivity contribution in [1.29, 1.82) is 0 Å². The number of carbonyl (C=O) groups excluding carboxylic acids is 1. The van der Waals surface area contributed by atoms with Crippen LogP contribution in [0.25, 0.3) is 6.08 Å². The summed E-state index contributed by atoms with van der Waals surface area (Å²) in [6, 6.07) is 8.07. The van der Waals surface area contributed by atoms with Crippen molar-refractivity contribution in [3.05, 3.63) is 35.4 Å². The maximum absolute atomic E-state index is 12.2. The van der Waals surface area contributed by atoms with E-state index in [4.69, 9.17) is 0 Å². The summed E-state index contributed by atoms with van der Waals surface area (Å²) in [5.74, 6) is 0.192. The first kappa shape index (κ1) is 12.6. The second kappa shape index (κ2) is 5.21. The van der Waals surface area contributed by atoms with E-state index in [1.807, 2.05) is 25.2 Å². The Labute approximate surface area is 116 Å². The van der Waals surface area contributed by atoms with Crippen molar-refractivity contribution < 1.29 is 4.79 Å². The van der Waals surface area contributed by atoms with Crippen LogP contribution in [0.15, 0.2) is 29.8 Å². The number of hydrogen-bond donors (Lipinski definition) is 0. The molecule has 1 atom stereocenters. The third kappa shape index (κ3) is 2.54. The molecule has 17 heavy (non-hydrogen) atoms. The molecule has 1 aromatic rings. The molecule has 0 unspecified atom stereocenters. The van der Waals surface area contributed by atoms with E-state index in [-0.39, 0.29) is 9.83 Å². The largest absolute Gasteiger partial charge is 0.314 e. The van der Waals surface area contributed by atoms with Crippen LogP contribution in [-0.4, -0.2) is 16.9 Å². The molecule has 0 fully saturated rings. The highest BCUT2D eigenvalue weighted by Gasteiger charge is 2.24. The predicted octanol–water partition coefficient (Wildman–Crippen LogP) is 3.65. The Bertz CT molecular complexity index is 467. The van der Waals surface area contributed by atoms with Gasteiger partial charge in [-0.1, -0.05) is 59.4 Å². The van der Waals surface area contributed by atoms with Gasteiger partial charge in [0.25, 0.3) is 0 Å². The first-order valence-electron chi connectivity index (χ1n) is 5.83. The Balaban J connectivity index is 2.54. The van der Waals surface area contributed by atoms with Gasteiger partial charge >= 0.3 is 0 Å². The van der Waals surface area contributed by atoms with Crippen molar-refractivity contribution >= 4 is 40.3 Å². The topological polar surface area (TPSA) is 20.3 Å². The van der Waals surface area contributed by atoms with Crippen LogP contribution in [0.3, 0.4) is 0 Å². The molecule has 1 aliphatic rings. The second-order valence-electron chi connectivity index (χ2n) is 4.28. The lowest BCUT2D eigenvalue weighted by molar-refractivity contribution is -0.117. The molecular weight excluding hydrogens is 325 g/mol. The van der Waals surface area contributed by atoms with Crippen LogP contribution in [0.1, 0.15) is 25.3 Å². The number of amides is 1. The summed E-state index contributed by atoms with van der Waals surface area (Å²) in [6.07, 6.45) is 4.09. The van der Waals surface area contributed by atoms with Gasteiger partial charge in [-0.3, -0.25) is 4.79 Å². The fourth-order valence-corrected chi connectivity index (χ4v) is 3.07. The molecule has 0 saturated heterocycles. The minimum Gasteiger partial charge on any atom is -0.314 e. The van der Waals surface area contributed by atoms with Crippen molar-refractivity contribution in [2.45, 2.75) is 23.7 Å². The highest BCUT2D eigenvalue weighted by molar-refractivity contribution is 14.1. The first-order chi connectivity index (χ1) is 8.13. The number of halogens is 1. The molecule has 0 radical (unpaired) electrons. The standard InChI is InChI=1S/C14H16INO/c1-3-10-8-11-6-4-5-7-13(11)16(2)14(17)12(15)9-10/h4-8,12H,3,9H2,1-2H3/b10-8-/t12-/m0/s1. The normalized spacial score (nSPS) is 23.5. The smallest absolute Gasteiger partial charge is 0.240 e. The van der Waals surface area contributed by atoms with E-state index in [1.54, 1.807) is 4.90 Å². The Morgan fingerprint density at radius 1 is 1.41 bits per heavy atom. The molecule has 0 aromatic heterocycles. The Hall–Kier alpha value is -0.840. The number of rotatable bonds is 1. The fourth-order valence-electron chi connectivity index (χ4n) is 2.09. The van der Waals surface area contributed by atoms with Crippen LogP contribution < -0.4 is 4.90 Å². The monoisotopic (exact) mass is 341 g/mol. The van der Waals surface area contributed by atoms with Crippen LogP contribution in [0.4, 0.5) is 5.69 Å². The average molecular weight is 341 g/mol. The zero-order chi connectivity index (χ0) is 12.4. The lowest BCUT2D eigenvalue weighted by atomic mass is 10.00. The number of carbonyl (C=O) groups is 1. The van der Waals surface area contributed by atoms with Crippen LogP contribution in [-0.2, 0) is 4.79 Å². The minimum atomic E-state index is 0.0390. The summed E-state index contributed by atoms with van der Waals surface area (Å²) in [6.45, 7) is 2.15. The number of para-hydroxylation sites is 1. The van der Waals surface area contributed by atoms with Gasteiger partial charge in [0.1, 0.15) is 0 Å². The third-order valence-corrected chi connectivity index (χ3v) is 4.12. The average Bonchev–Trinajstić information content (AvgIpc) is 2.35. The highest BCUT2D eigenvalue weighted by atomic mass is 127. The fraction of sp³-hybridized carbons (Fsp3) is 0.357. The number of fused-ring (bicyclic) bond motifs is 1. The van der Waals surface area contributed by atoms with E-state index < -0.39 is 0 Å². The summed E-state index contributed by atoms with van der Waals surface area (Å²) in [5, 5.41) is 0. The lowest BCUT2D eigenvalue weighted by Gasteiger charge is -2.25. The molecule has 0 saturated carbocycles. The summed E-state index contributed by atoms with van der Waals surface area (Å²) < 4.78 is 0.0390. The molecule has 90 valence electrons. The highest BCUT2D eigenvalue weighted by Crippen LogP contribution is 2.30. The number of anilines is 1. The van der Waals surface area contributed by atoms with E-state index in [0.717, 1.165) is 24.1 Å².